The van der Waals surface area contributed by atoms with Crippen LogP contribution in [0.25, 0.3) is 0 Å². The number of sulfonamides is 1. The molecule has 0 aliphatic heterocycles. The second kappa shape index (κ2) is 5.51. The summed E-state index contributed by atoms with van der Waals surface area (Å²) in [6.07, 6.45) is 0. The number of aryl methyl sites for hydroxylation is 2. The molecule has 2 aromatic rings. The van der Waals surface area contributed by atoms with Crippen molar-refractivity contribution in [3.63, 3.8) is 0 Å². The summed E-state index contributed by atoms with van der Waals surface area (Å²) in [6.45, 7) is 4.03. The van der Waals surface area contributed by atoms with Gasteiger partial charge in [0.2, 0.25) is 10.0 Å². The molecule has 0 saturated carbocycles. The Morgan fingerprint density at radius 1 is 1.35 bits per heavy atom. The van der Waals surface area contributed by atoms with Gasteiger partial charge in [-0.05, 0) is 31.5 Å². The molecule has 0 bridgehead atoms. The van der Waals surface area contributed by atoms with E-state index in [1.165, 1.54) is 21.7 Å². The van der Waals surface area contributed by atoms with Gasteiger partial charge in [0.05, 0.1) is 16.1 Å². The van der Waals surface area contributed by atoms with Gasteiger partial charge in [-0.15, -0.1) is 11.3 Å². The van der Waals surface area contributed by atoms with Crippen LogP contribution in [0.15, 0.2) is 28.6 Å². The fraction of sp³-hybridized carbons (Fsp3) is 0.308. The van der Waals surface area contributed by atoms with Crippen LogP contribution in [0.4, 0.5) is 5.69 Å². The first-order valence-electron chi connectivity index (χ1n) is 6.04. The largest absolute Gasteiger partial charge is 0.398 e. The van der Waals surface area contributed by atoms with Gasteiger partial charge >= 0.3 is 0 Å². The molecule has 1 aromatic carbocycles. The lowest BCUT2D eigenvalue weighted by Crippen LogP contribution is -2.26. The average Bonchev–Trinajstić information content (AvgIpc) is 2.78. The summed E-state index contributed by atoms with van der Waals surface area (Å²) in [5.74, 6) is 0. The molecule has 0 aliphatic carbocycles. The van der Waals surface area contributed by atoms with Crippen LogP contribution in [0.2, 0.25) is 0 Å². The van der Waals surface area contributed by atoms with E-state index in [1.54, 1.807) is 24.7 Å². The van der Waals surface area contributed by atoms with Crippen molar-refractivity contribution in [3.05, 3.63) is 39.8 Å². The summed E-state index contributed by atoms with van der Waals surface area (Å²) in [7, 11) is -1.98. The second-order valence-corrected chi connectivity index (χ2v) is 7.62. The number of aromatic nitrogens is 1. The first-order valence-corrected chi connectivity index (χ1v) is 8.36. The highest BCUT2D eigenvalue weighted by atomic mass is 32.2. The summed E-state index contributed by atoms with van der Waals surface area (Å²) in [5, 5.41) is 0. The van der Waals surface area contributed by atoms with E-state index in [-0.39, 0.29) is 4.90 Å². The van der Waals surface area contributed by atoms with Crippen LogP contribution >= 0.6 is 11.3 Å². The molecule has 108 valence electrons. The van der Waals surface area contributed by atoms with Crippen molar-refractivity contribution in [2.75, 3.05) is 12.8 Å². The molecule has 2 N–H and O–H groups in total. The zero-order valence-corrected chi connectivity index (χ0v) is 13.3. The molecular weight excluding hydrogens is 294 g/mol. The van der Waals surface area contributed by atoms with Crippen molar-refractivity contribution >= 4 is 27.0 Å². The van der Waals surface area contributed by atoms with Crippen molar-refractivity contribution in [3.8, 4) is 0 Å². The third kappa shape index (κ3) is 2.84. The Labute approximate surface area is 123 Å². The Morgan fingerprint density at radius 2 is 2.05 bits per heavy atom. The zero-order valence-electron chi connectivity index (χ0n) is 11.6. The van der Waals surface area contributed by atoms with Gasteiger partial charge < -0.3 is 5.73 Å². The number of benzene rings is 1. The maximum Gasteiger partial charge on any atom is 0.243 e. The molecule has 1 aromatic heterocycles. The molecule has 7 heteroatoms. The number of hydrogen-bond acceptors (Lipinski definition) is 5. The minimum Gasteiger partial charge on any atom is -0.398 e. The Balaban J connectivity index is 2.29. The van der Waals surface area contributed by atoms with Crippen molar-refractivity contribution < 1.29 is 8.42 Å². The Kier molecular flexibility index (Phi) is 4.12. The number of nitrogens with zero attached hydrogens (tertiary/aromatic N) is 2. The molecule has 0 fully saturated rings. The van der Waals surface area contributed by atoms with Crippen molar-refractivity contribution in [1.29, 1.82) is 0 Å². The molecular formula is C13H17N3O2S2. The lowest BCUT2D eigenvalue weighted by atomic mass is 10.2. The number of nitrogens with two attached hydrogens (primary N) is 1. The predicted octanol–water partition coefficient (Wildman–Crippen LogP) is 2.16. The highest BCUT2D eigenvalue weighted by Gasteiger charge is 2.22. The van der Waals surface area contributed by atoms with Crippen molar-refractivity contribution in [2.24, 2.45) is 0 Å². The standard InChI is InChI=1S/C13H17N3O2S2/c1-9-4-5-11(6-12(9)14)20(17,18)16(3)7-13-10(2)15-8-19-13/h4-6,8H,7,14H2,1-3H3. The van der Waals surface area contributed by atoms with Gasteiger partial charge in [0.15, 0.2) is 0 Å². The maximum atomic E-state index is 12.5. The van der Waals surface area contributed by atoms with E-state index in [1.807, 2.05) is 13.8 Å². The first kappa shape index (κ1) is 15.0. The van der Waals surface area contributed by atoms with Gasteiger partial charge in [-0.25, -0.2) is 13.4 Å². The maximum absolute atomic E-state index is 12.5. The third-order valence-electron chi connectivity index (χ3n) is 3.17. The molecule has 0 spiro atoms. The van der Waals surface area contributed by atoms with Crippen LogP contribution in [-0.4, -0.2) is 24.8 Å². The minimum absolute atomic E-state index is 0.213. The van der Waals surface area contributed by atoms with Crippen LogP contribution in [0.1, 0.15) is 16.1 Å². The Hall–Kier alpha value is -1.44. The van der Waals surface area contributed by atoms with E-state index < -0.39 is 10.0 Å². The van der Waals surface area contributed by atoms with E-state index in [0.717, 1.165) is 16.1 Å². The second-order valence-electron chi connectivity index (χ2n) is 4.64. The molecule has 0 amide bonds. The molecule has 1 heterocycles. The topological polar surface area (TPSA) is 76.3 Å². The number of hydrogen-bond donors (Lipinski definition) is 1. The fourth-order valence-electron chi connectivity index (χ4n) is 1.72. The van der Waals surface area contributed by atoms with Crippen LogP contribution in [0, 0.1) is 13.8 Å². The SMILES string of the molecule is Cc1ccc(S(=O)(=O)N(C)Cc2scnc2C)cc1N. The number of anilines is 1. The first-order chi connectivity index (χ1) is 9.32. The van der Waals surface area contributed by atoms with Gasteiger partial charge in [-0.1, -0.05) is 6.07 Å². The smallest absolute Gasteiger partial charge is 0.243 e. The quantitative estimate of drug-likeness (QED) is 0.878. The number of nitrogen functional groups attached to an aromatic ring is 1. The lowest BCUT2D eigenvalue weighted by molar-refractivity contribution is 0.468. The molecule has 0 saturated heterocycles. The van der Waals surface area contributed by atoms with Gasteiger partial charge in [0.1, 0.15) is 0 Å². The van der Waals surface area contributed by atoms with Gasteiger partial charge in [-0.3, -0.25) is 0 Å². The minimum atomic E-state index is -3.54. The van der Waals surface area contributed by atoms with E-state index in [2.05, 4.69) is 4.98 Å². The fourth-order valence-corrected chi connectivity index (χ4v) is 3.81. The summed E-state index contributed by atoms with van der Waals surface area (Å²) in [6, 6.07) is 4.80. The van der Waals surface area contributed by atoms with Gasteiger partial charge in [-0.2, -0.15) is 4.31 Å². The molecule has 0 atom stereocenters. The molecule has 5 nitrogen and oxygen atoms in total. The molecule has 20 heavy (non-hydrogen) atoms. The monoisotopic (exact) mass is 311 g/mol. The van der Waals surface area contributed by atoms with Crippen LogP contribution in [0.3, 0.4) is 0 Å². The van der Waals surface area contributed by atoms with Crippen LogP contribution in [0.5, 0.6) is 0 Å². The van der Waals surface area contributed by atoms with Gasteiger partial charge in [0, 0.05) is 24.2 Å². The molecule has 2 rings (SSSR count). The average molecular weight is 311 g/mol. The summed E-state index contributed by atoms with van der Waals surface area (Å²) in [5.41, 5.74) is 9.71. The normalized spacial score (nSPS) is 12.0. The molecule has 0 aliphatic rings. The van der Waals surface area contributed by atoms with E-state index in [4.69, 9.17) is 5.73 Å². The van der Waals surface area contributed by atoms with E-state index in [9.17, 15) is 8.42 Å². The lowest BCUT2D eigenvalue weighted by Gasteiger charge is -2.17. The van der Waals surface area contributed by atoms with Crippen LogP contribution in [-0.2, 0) is 16.6 Å². The number of thiazole rings is 1. The third-order valence-corrected chi connectivity index (χ3v) is 5.89. The summed E-state index contributed by atoms with van der Waals surface area (Å²) < 4.78 is 26.3. The zero-order chi connectivity index (χ0) is 14.9. The molecule has 0 radical (unpaired) electrons. The predicted molar refractivity (Wildman–Crippen MR) is 81.1 cm³/mol. The Bertz CT molecular complexity index is 723. The Morgan fingerprint density at radius 3 is 2.60 bits per heavy atom. The molecule has 0 unspecified atom stereocenters. The summed E-state index contributed by atoms with van der Waals surface area (Å²) in [4.78, 5) is 5.28. The van der Waals surface area contributed by atoms with E-state index >= 15 is 0 Å². The summed E-state index contributed by atoms with van der Waals surface area (Å²) >= 11 is 1.45. The highest BCUT2D eigenvalue weighted by molar-refractivity contribution is 7.89. The van der Waals surface area contributed by atoms with Crippen molar-refractivity contribution in [1.82, 2.24) is 9.29 Å². The number of rotatable bonds is 4. The van der Waals surface area contributed by atoms with Crippen LogP contribution < -0.4 is 5.73 Å². The van der Waals surface area contributed by atoms with Crippen molar-refractivity contribution in [2.45, 2.75) is 25.3 Å². The highest BCUT2D eigenvalue weighted by Crippen LogP contribution is 2.23. The van der Waals surface area contributed by atoms with Gasteiger partial charge in [0.25, 0.3) is 0 Å². The van der Waals surface area contributed by atoms with E-state index in [0.29, 0.717) is 12.2 Å².